The summed E-state index contributed by atoms with van der Waals surface area (Å²) in [6, 6.07) is 7.27. The first-order valence-electron chi connectivity index (χ1n) is 10.9. The zero-order valence-corrected chi connectivity index (χ0v) is 17.8. The van der Waals surface area contributed by atoms with Gasteiger partial charge in [0.1, 0.15) is 6.61 Å². The minimum atomic E-state index is 0.120. The van der Waals surface area contributed by atoms with Crippen LogP contribution in [-0.2, 0) is 16.7 Å². The van der Waals surface area contributed by atoms with Gasteiger partial charge in [0.15, 0.2) is 0 Å². The summed E-state index contributed by atoms with van der Waals surface area (Å²) in [5.41, 5.74) is 10.6. The van der Waals surface area contributed by atoms with Crippen molar-refractivity contribution in [2.24, 2.45) is 22.2 Å². The molecule has 1 unspecified atom stereocenters. The molecular formula is C24H38N2O. The monoisotopic (exact) mass is 370 g/mol. The highest BCUT2D eigenvalue weighted by molar-refractivity contribution is 5.66. The molecule has 3 nitrogen and oxygen atoms in total. The van der Waals surface area contributed by atoms with E-state index in [0.29, 0.717) is 18.4 Å². The van der Waals surface area contributed by atoms with E-state index in [9.17, 15) is 0 Å². The van der Waals surface area contributed by atoms with Gasteiger partial charge in [-0.2, -0.15) is 0 Å². The van der Waals surface area contributed by atoms with Crippen molar-refractivity contribution in [2.45, 2.75) is 84.0 Å². The van der Waals surface area contributed by atoms with E-state index in [4.69, 9.17) is 10.6 Å². The number of rotatable bonds is 7. The van der Waals surface area contributed by atoms with Crippen molar-refractivity contribution in [1.82, 2.24) is 0 Å². The maximum atomic E-state index is 5.54. The lowest BCUT2D eigenvalue weighted by molar-refractivity contribution is 0.0740. The number of nitrogens with two attached hydrogens (primary N) is 1. The van der Waals surface area contributed by atoms with Gasteiger partial charge in [0.05, 0.1) is 0 Å². The fraction of sp³-hybridized carbons (Fsp3) is 0.708. The molecule has 0 bridgehead atoms. The third kappa shape index (κ3) is 4.08. The highest BCUT2D eigenvalue weighted by atomic mass is 16.6. The highest BCUT2D eigenvalue weighted by Crippen LogP contribution is 2.56. The van der Waals surface area contributed by atoms with Crippen LogP contribution in [0.5, 0.6) is 0 Å². The van der Waals surface area contributed by atoms with Gasteiger partial charge in [-0.05, 0) is 79.0 Å². The van der Waals surface area contributed by atoms with Crippen molar-refractivity contribution in [2.75, 3.05) is 13.2 Å². The number of benzene rings is 1. The van der Waals surface area contributed by atoms with Gasteiger partial charge in [-0.25, -0.2) is 0 Å². The lowest BCUT2D eigenvalue weighted by atomic mass is 9.50. The predicted octanol–water partition coefficient (Wildman–Crippen LogP) is 5.56. The van der Waals surface area contributed by atoms with Crippen molar-refractivity contribution >= 4 is 6.21 Å². The van der Waals surface area contributed by atoms with E-state index in [-0.39, 0.29) is 10.8 Å². The third-order valence-corrected chi connectivity index (χ3v) is 7.20. The van der Waals surface area contributed by atoms with Gasteiger partial charge >= 0.3 is 0 Å². The van der Waals surface area contributed by atoms with Crippen molar-refractivity contribution in [3.05, 3.63) is 34.9 Å². The molecular weight excluding hydrogens is 332 g/mol. The first-order valence-corrected chi connectivity index (χ1v) is 10.9. The maximum Gasteiger partial charge on any atom is 0.117 e. The molecule has 1 fully saturated rings. The van der Waals surface area contributed by atoms with E-state index < -0.39 is 0 Å². The third-order valence-electron chi connectivity index (χ3n) is 7.20. The second-order valence-corrected chi connectivity index (χ2v) is 9.50. The highest BCUT2D eigenvalue weighted by Gasteiger charge is 2.51. The number of oxime groups is 1. The number of hydrogen-bond acceptors (Lipinski definition) is 3. The lowest BCUT2D eigenvalue weighted by Crippen LogP contribution is -2.49. The van der Waals surface area contributed by atoms with Crippen LogP contribution in [0.4, 0.5) is 0 Å². The summed E-state index contributed by atoms with van der Waals surface area (Å²) in [5, 5.41) is 4.39. The van der Waals surface area contributed by atoms with Crippen molar-refractivity contribution in [3.8, 4) is 0 Å². The molecule has 3 heteroatoms. The molecule has 27 heavy (non-hydrogen) atoms. The van der Waals surface area contributed by atoms with E-state index in [1.54, 1.807) is 11.1 Å². The van der Waals surface area contributed by atoms with Crippen molar-refractivity contribution in [1.29, 1.82) is 0 Å². The number of unbranched alkanes of at least 4 members (excludes halogenated alkanes) is 1. The summed E-state index contributed by atoms with van der Waals surface area (Å²) in [5.74, 6) is 1.23. The van der Waals surface area contributed by atoms with E-state index in [2.05, 4.69) is 57.3 Å². The molecule has 150 valence electrons. The first kappa shape index (κ1) is 20.4. The van der Waals surface area contributed by atoms with Gasteiger partial charge in [0.2, 0.25) is 0 Å². The molecule has 0 radical (unpaired) electrons. The number of aryl methyl sites for hydroxylation is 1. The average Bonchev–Trinajstić information content (AvgIpc) is 2.64. The molecule has 0 aromatic heterocycles. The van der Waals surface area contributed by atoms with Crippen LogP contribution in [0.25, 0.3) is 0 Å². The molecule has 3 atom stereocenters. The fourth-order valence-electron chi connectivity index (χ4n) is 5.60. The van der Waals surface area contributed by atoms with Gasteiger partial charge in [-0.3, -0.25) is 0 Å². The van der Waals surface area contributed by atoms with Gasteiger partial charge in [-0.1, -0.05) is 57.5 Å². The van der Waals surface area contributed by atoms with Crippen LogP contribution in [0.3, 0.4) is 0 Å². The Morgan fingerprint density at radius 2 is 2.07 bits per heavy atom. The minimum absolute atomic E-state index is 0.120. The average molecular weight is 371 g/mol. The second kappa shape index (κ2) is 8.34. The van der Waals surface area contributed by atoms with Gasteiger partial charge in [-0.15, -0.1) is 0 Å². The van der Waals surface area contributed by atoms with Crippen molar-refractivity contribution < 1.29 is 4.84 Å². The van der Waals surface area contributed by atoms with Gasteiger partial charge < -0.3 is 10.6 Å². The molecule has 2 aliphatic rings. The van der Waals surface area contributed by atoms with Crippen LogP contribution >= 0.6 is 0 Å². The molecule has 0 aliphatic heterocycles. The number of fused-ring (bicyclic) bond motifs is 3. The number of nitrogens with zero attached hydrogens (tertiary/aromatic N) is 1. The van der Waals surface area contributed by atoms with Crippen molar-refractivity contribution in [3.63, 3.8) is 0 Å². The van der Waals surface area contributed by atoms with Gasteiger partial charge in [0.25, 0.3) is 0 Å². The Bertz CT molecular complexity index is 668. The normalized spacial score (nSPS) is 30.4. The number of hydrogen-bond donors (Lipinski definition) is 1. The molecule has 2 N–H and O–H groups in total. The van der Waals surface area contributed by atoms with Gasteiger partial charge in [0, 0.05) is 11.6 Å². The lowest BCUT2D eigenvalue weighted by Gasteiger charge is -2.54. The molecule has 0 saturated heterocycles. The van der Waals surface area contributed by atoms with Crippen LogP contribution in [0, 0.1) is 11.3 Å². The minimum Gasteiger partial charge on any atom is -0.396 e. The summed E-state index contributed by atoms with van der Waals surface area (Å²) in [6.07, 6.45) is 10.3. The standard InChI is InChI=1S/C24H38N2O/c1-18(2)19-8-10-21-20(16-19)9-11-22-23(3,12-7-13-24(21,22)4)17-26-27-15-6-5-14-25/h8,10,16-18,22H,5-7,9,11-15,25H2,1-4H3/b26-17+/t22?,23-,24-/m1/s1. The summed E-state index contributed by atoms with van der Waals surface area (Å²) in [6.45, 7) is 10.9. The summed E-state index contributed by atoms with van der Waals surface area (Å²) < 4.78 is 0. The maximum absolute atomic E-state index is 5.54. The first-order chi connectivity index (χ1) is 12.9. The Morgan fingerprint density at radius 3 is 2.81 bits per heavy atom. The summed E-state index contributed by atoms with van der Waals surface area (Å²) in [7, 11) is 0. The molecule has 1 aromatic carbocycles. The van der Waals surface area contributed by atoms with Crippen LogP contribution in [-0.4, -0.2) is 19.4 Å². The van der Waals surface area contributed by atoms with E-state index in [1.807, 2.05) is 0 Å². The molecule has 0 heterocycles. The molecule has 3 rings (SSSR count). The quantitative estimate of drug-likeness (QED) is 0.388. The predicted molar refractivity (Wildman–Crippen MR) is 114 cm³/mol. The second-order valence-electron chi connectivity index (χ2n) is 9.50. The van der Waals surface area contributed by atoms with E-state index in [1.165, 1.54) is 37.7 Å². The molecule has 1 aromatic rings. The van der Waals surface area contributed by atoms with Crippen LogP contribution < -0.4 is 5.73 Å². The Balaban J connectivity index is 1.79. The summed E-state index contributed by atoms with van der Waals surface area (Å²) in [4.78, 5) is 5.54. The Morgan fingerprint density at radius 1 is 1.26 bits per heavy atom. The Kier molecular flexibility index (Phi) is 6.30. The fourth-order valence-corrected chi connectivity index (χ4v) is 5.60. The Labute approximate surface area is 165 Å². The molecule has 0 amide bonds. The summed E-state index contributed by atoms with van der Waals surface area (Å²) >= 11 is 0. The largest absolute Gasteiger partial charge is 0.396 e. The van der Waals surface area contributed by atoms with E-state index in [0.717, 1.165) is 19.4 Å². The molecule has 2 aliphatic carbocycles. The smallest absolute Gasteiger partial charge is 0.117 e. The molecule has 1 saturated carbocycles. The van der Waals surface area contributed by atoms with E-state index >= 15 is 0 Å². The van der Waals surface area contributed by atoms with Crippen LogP contribution in [0.15, 0.2) is 23.4 Å². The topological polar surface area (TPSA) is 47.6 Å². The zero-order chi connectivity index (χ0) is 19.5. The zero-order valence-electron chi connectivity index (χ0n) is 17.8. The molecule has 0 spiro atoms. The van der Waals surface area contributed by atoms with Crippen LogP contribution in [0.2, 0.25) is 0 Å². The van der Waals surface area contributed by atoms with Crippen LogP contribution in [0.1, 0.15) is 88.8 Å². The SMILES string of the molecule is CC(C)c1ccc2c(c1)CCC1[C@@](C)(/C=N/OCCCCN)CCC[C@]21C. The Hall–Kier alpha value is -1.35.